The Balaban J connectivity index is 1.99. The molecule has 2 heterocycles. The van der Waals surface area contributed by atoms with E-state index in [1.165, 1.54) is 4.57 Å². The fourth-order valence-corrected chi connectivity index (χ4v) is 3.39. The molecule has 0 aliphatic heterocycles. The summed E-state index contributed by atoms with van der Waals surface area (Å²) in [5.41, 5.74) is 6.52. The van der Waals surface area contributed by atoms with Crippen molar-refractivity contribution in [3.8, 4) is 0 Å². The number of unbranched alkanes of at least 4 members (excludes halogenated alkanes) is 2. The first-order valence-electron chi connectivity index (χ1n) is 10.8. The van der Waals surface area contributed by atoms with E-state index in [4.69, 9.17) is 10.3 Å². The van der Waals surface area contributed by atoms with Crippen molar-refractivity contribution in [3.05, 3.63) is 68.4 Å². The van der Waals surface area contributed by atoms with Gasteiger partial charge in [-0.15, -0.1) is 0 Å². The van der Waals surface area contributed by atoms with E-state index < -0.39 is 11.2 Å². The van der Waals surface area contributed by atoms with Crippen molar-refractivity contribution < 1.29 is 4.52 Å². The molecule has 2 aromatic heterocycles. The number of nitrogen functional groups attached to an aromatic ring is 1. The highest BCUT2D eigenvalue weighted by molar-refractivity contribution is 5.62. The predicted molar refractivity (Wildman–Crippen MR) is 120 cm³/mol. The zero-order valence-corrected chi connectivity index (χ0v) is 18.1. The molecular weight excluding hydrogens is 396 g/mol. The number of hydrogen-bond donors (Lipinski definition) is 2. The summed E-state index contributed by atoms with van der Waals surface area (Å²) in [6, 6.07) is 9.71. The van der Waals surface area contributed by atoms with Gasteiger partial charge in [-0.1, -0.05) is 62.2 Å². The monoisotopic (exact) mass is 426 g/mol. The fraction of sp³-hybridized carbons (Fsp3) is 0.455. The quantitative estimate of drug-likeness (QED) is 0.483. The Labute approximate surface area is 180 Å². The largest absolute Gasteiger partial charge is 0.383 e. The molecule has 166 valence electrons. The number of aromatic amines is 1. The average Bonchev–Trinajstić information content (AvgIpc) is 3.20. The van der Waals surface area contributed by atoms with Crippen LogP contribution in [0, 0.1) is 0 Å². The van der Waals surface area contributed by atoms with Crippen molar-refractivity contribution in [2.24, 2.45) is 0 Å². The van der Waals surface area contributed by atoms with Crippen LogP contribution in [0.25, 0.3) is 0 Å². The van der Waals surface area contributed by atoms with Crippen LogP contribution in [-0.2, 0) is 26.1 Å². The summed E-state index contributed by atoms with van der Waals surface area (Å²) < 4.78 is 6.84. The minimum Gasteiger partial charge on any atom is -0.383 e. The Kier molecular flexibility index (Phi) is 7.64. The number of nitrogens with one attached hydrogen (secondary N) is 1. The second-order valence-electron chi connectivity index (χ2n) is 7.55. The highest BCUT2D eigenvalue weighted by Gasteiger charge is 2.21. The number of aryl methyl sites for hydroxylation is 1. The summed E-state index contributed by atoms with van der Waals surface area (Å²) >= 11 is 0. The van der Waals surface area contributed by atoms with Gasteiger partial charge in [-0.25, -0.2) is 4.79 Å². The summed E-state index contributed by atoms with van der Waals surface area (Å²) in [4.78, 5) is 33.8. The molecule has 0 saturated heterocycles. The van der Waals surface area contributed by atoms with Gasteiger partial charge in [0.15, 0.2) is 5.82 Å². The van der Waals surface area contributed by atoms with Gasteiger partial charge in [0, 0.05) is 19.5 Å². The smallest absolute Gasteiger partial charge is 0.330 e. The number of rotatable bonds is 11. The molecule has 31 heavy (non-hydrogen) atoms. The second-order valence-corrected chi connectivity index (χ2v) is 7.55. The normalized spacial score (nSPS) is 11.0. The van der Waals surface area contributed by atoms with Gasteiger partial charge in [0.1, 0.15) is 11.5 Å². The third-order valence-corrected chi connectivity index (χ3v) is 5.07. The zero-order valence-electron chi connectivity index (χ0n) is 18.1. The van der Waals surface area contributed by atoms with Crippen LogP contribution in [0.4, 0.5) is 11.5 Å². The molecule has 0 fully saturated rings. The molecule has 9 heteroatoms. The van der Waals surface area contributed by atoms with E-state index in [1.54, 1.807) is 4.90 Å². The molecule has 0 spiro atoms. The maximum atomic E-state index is 12.8. The predicted octanol–water partition coefficient (Wildman–Crippen LogP) is 2.85. The zero-order chi connectivity index (χ0) is 22.2. The molecule has 0 radical (unpaired) electrons. The lowest BCUT2D eigenvalue weighted by Gasteiger charge is -2.25. The van der Waals surface area contributed by atoms with Crippen molar-refractivity contribution >= 4 is 11.5 Å². The molecule has 9 nitrogen and oxygen atoms in total. The summed E-state index contributed by atoms with van der Waals surface area (Å²) in [6.45, 7) is 5.16. The Hall–Kier alpha value is -3.36. The molecule has 0 bridgehead atoms. The molecule has 1 aromatic carbocycles. The fourth-order valence-electron chi connectivity index (χ4n) is 3.39. The summed E-state index contributed by atoms with van der Waals surface area (Å²) in [5.74, 6) is 1.18. The van der Waals surface area contributed by atoms with E-state index in [0.29, 0.717) is 24.8 Å². The van der Waals surface area contributed by atoms with E-state index in [9.17, 15) is 9.59 Å². The van der Waals surface area contributed by atoms with Crippen LogP contribution >= 0.6 is 0 Å². The molecule has 0 saturated carbocycles. The Bertz CT molecular complexity index is 1090. The third kappa shape index (κ3) is 5.62. The standard InChI is InChI=1S/C22H30N6O3/c1-3-5-12-17-24-18(31-26-17)15-27(14-16-10-8-7-9-11-16)19-20(23)28(13-6-4-2)22(30)25-21(19)29/h7-11H,3-6,12-15,23H2,1-2H3,(H,25,29,30). The summed E-state index contributed by atoms with van der Waals surface area (Å²) in [6.07, 6.45) is 4.43. The van der Waals surface area contributed by atoms with Crippen molar-refractivity contribution in [1.82, 2.24) is 19.7 Å². The number of anilines is 2. The summed E-state index contributed by atoms with van der Waals surface area (Å²) in [7, 11) is 0. The molecule has 0 aliphatic carbocycles. The highest BCUT2D eigenvalue weighted by atomic mass is 16.5. The first kappa shape index (κ1) is 22.3. The SMILES string of the molecule is CCCCc1noc(CN(Cc2ccccc2)c2c(N)n(CCCC)c(=O)[nH]c2=O)n1. The second kappa shape index (κ2) is 10.6. The third-order valence-electron chi connectivity index (χ3n) is 5.07. The molecule has 3 aromatic rings. The Morgan fingerprint density at radius 2 is 1.84 bits per heavy atom. The van der Waals surface area contributed by atoms with Crippen LogP contribution in [0.15, 0.2) is 44.4 Å². The van der Waals surface area contributed by atoms with Crippen LogP contribution < -0.4 is 21.9 Å². The Morgan fingerprint density at radius 3 is 2.55 bits per heavy atom. The number of benzene rings is 1. The first-order chi connectivity index (χ1) is 15.0. The number of nitrogens with two attached hydrogens (primary N) is 1. The van der Waals surface area contributed by atoms with Crippen molar-refractivity contribution in [1.29, 1.82) is 0 Å². The first-order valence-corrected chi connectivity index (χ1v) is 10.8. The van der Waals surface area contributed by atoms with Gasteiger partial charge in [-0.3, -0.25) is 14.3 Å². The lowest BCUT2D eigenvalue weighted by molar-refractivity contribution is 0.370. The van der Waals surface area contributed by atoms with Crippen LogP contribution in [0.1, 0.15) is 56.8 Å². The van der Waals surface area contributed by atoms with Gasteiger partial charge >= 0.3 is 5.69 Å². The molecule has 3 rings (SSSR count). The highest BCUT2D eigenvalue weighted by Crippen LogP contribution is 2.22. The van der Waals surface area contributed by atoms with Gasteiger partial charge in [0.05, 0.1) is 6.54 Å². The van der Waals surface area contributed by atoms with Gasteiger partial charge < -0.3 is 15.2 Å². The van der Waals surface area contributed by atoms with Crippen LogP contribution in [0.3, 0.4) is 0 Å². The lowest BCUT2D eigenvalue weighted by Crippen LogP contribution is -2.38. The molecule has 0 unspecified atom stereocenters. The summed E-state index contributed by atoms with van der Waals surface area (Å²) in [5, 5.41) is 4.04. The maximum Gasteiger partial charge on any atom is 0.330 e. The minimum absolute atomic E-state index is 0.142. The lowest BCUT2D eigenvalue weighted by atomic mass is 10.2. The van der Waals surface area contributed by atoms with Gasteiger partial charge in [-0.2, -0.15) is 4.98 Å². The van der Waals surface area contributed by atoms with Gasteiger partial charge in [0.25, 0.3) is 5.56 Å². The van der Waals surface area contributed by atoms with E-state index in [2.05, 4.69) is 22.0 Å². The van der Waals surface area contributed by atoms with Crippen LogP contribution in [0.2, 0.25) is 0 Å². The number of hydrogen-bond acceptors (Lipinski definition) is 7. The molecule has 0 atom stereocenters. The van der Waals surface area contributed by atoms with Gasteiger partial charge in [-0.05, 0) is 18.4 Å². The van der Waals surface area contributed by atoms with E-state index in [-0.39, 0.29) is 18.1 Å². The topological polar surface area (TPSA) is 123 Å². The van der Waals surface area contributed by atoms with Crippen LogP contribution in [-0.4, -0.2) is 19.7 Å². The Morgan fingerprint density at radius 1 is 1.10 bits per heavy atom. The van der Waals surface area contributed by atoms with Crippen molar-refractivity contribution in [2.45, 2.75) is 65.6 Å². The van der Waals surface area contributed by atoms with E-state index in [1.807, 2.05) is 37.3 Å². The van der Waals surface area contributed by atoms with Crippen LogP contribution in [0.5, 0.6) is 0 Å². The number of aromatic nitrogens is 4. The molecular formula is C22H30N6O3. The maximum absolute atomic E-state index is 12.8. The average molecular weight is 427 g/mol. The number of nitrogens with zero attached hydrogens (tertiary/aromatic N) is 4. The van der Waals surface area contributed by atoms with Crippen molar-refractivity contribution in [3.63, 3.8) is 0 Å². The molecule has 0 aliphatic rings. The number of H-pyrrole nitrogens is 1. The van der Waals surface area contributed by atoms with E-state index in [0.717, 1.165) is 37.7 Å². The molecule has 0 amide bonds. The van der Waals surface area contributed by atoms with Gasteiger partial charge in [0.2, 0.25) is 5.89 Å². The van der Waals surface area contributed by atoms with Crippen molar-refractivity contribution in [2.75, 3.05) is 10.6 Å². The molecule has 3 N–H and O–H groups in total. The van der Waals surface area contributed by atoms with E-state index >= 15 is 0 Å². The minimum atomic E-state index is -0.531.